The molecule has 0 aromatic heterocycles. The number of anilines is 1. The van der Waals surface area contributed by atoms with Crippen LogP contribution in [0.3, 0.4) is 0 Å². The number of carbonyl (C=O) groups is 1. The standard InChI is InChI=1S/C25H17Cl2NO3/c26-16-10-11-22-19(12-16)25(31,24(30)28(22)14-15-6-2-1-3-7-15)20-13-21(27)17-8-4-5-9-18(17)23(20)29/h1-13,29,31H,14H2. The number of nitrogens with zero attached hydrogens (tertiary/aromatic N) is 1. The van der Waals surface area contributed by atoms with Gasteiger partial charge < -0.3 is 15.1 Å². The molecule has 4 aromatic rings. The van der Waals surface area contributed by atoms with Gasteiger partial charge in [-0.25, -0.2) is 0 Å². The molecule has 1 heterocycles. The highest BCUT2D eigenvalue weighted by Crippen LogP contribution is 2.50. The van der Waals surface area contributed by atoms with E-state index in [0.717, 1.165) is 5.56 Å². The summed E-state index contributed by atoms with van der Waals surface area (Å²) in [5.41, 5.74) is -0.360. The van der Waals surface area contributed by atoms with Gasteiger partial charge in [0.05, 0.1) is 12.2 Å². The third kappa shape index (κ3) is 2.99. The van der Waals surface area contributed by atoms with E-state index in [1.807, 2.05) is 30.3 Å². The minimum absolute atomic E-state index is 0.0280. The molecule has 4 aromatic carbocycles. The summed E-state index contributed by atoms with van der Waals surface area (Å²) in [5, 5.41) is 24.7. The van der Waals surface area contributed by atoms with Gasteiger partial charge in [0.15, 0.2) is 0 Å². The molecule has 0 aliphatic carbocycles. The van der Waals surface area contributed by atoms with Crippen LogP contribution in [0.1, 0.15) is 16.7 Å². The van der Waals surface area contributed by atoms with E-state index in [1.54, 1.807) is 42.5 Å². The molecule has 6 heteroatoms. The summed E-state index contributed by atoms with van der Waals surface area (Å²) in [6, 6.07) is 22.9. The molecule has 0 saturated carbocycles. The van der Waals surface area contributed by atoms with Gasteiger partial charge in [0.2, 0.25) is 5.60 Å². The van der Waals surface area contributed by atoms with Crippen molar-refractivity contribution in [1.82, 2.24) is 0 Å². The zero-order valence-corrected chi connectivity index (χ0v) is 17.7. The molecule has 4 nitrogen and oxygen atoms in total. The molecular formula is C25H17Cl2NO3. The average Bonchev–Trinajstić information content (AvgIpc) is 2.99. The monoisotopic (exact) mass is 449 g/mol. The molecule has 1 amide bonds. The molecular weight excluding hydrogens is 433 g/mol. The Morgan fingerprint density at radius 1 is 0.839 bits per heavy atom. The van der Waals surface area contributed by atoms with Gasteiger partial charge in [-0.2, -0.15) is 0 Å². The van der Waals surface area contributed by atoms with Gasteiger partial charge in [-0.15, -0.1) is 0 Å². The van der Waals surface area contributed by atoms with Gasteiger partial charge in [0.1, 0.15) is 5.75 Å². The largest absolute Gasteiger partial charge is 0.507 e. The van der Waals surface area contributed by atoms with Gasteiger partial charge in [-0.05, 0) is 29.8 Å². The molecule has 154 valence electrons. The van der Waals surface area contributed by atoms with E-state index in [9.17, 15) is 15.0 Å². The fourth-order valence-corrected chi connectivity index (χ4v) is 4.67. The number of halogens is 2. The highest BCUT2D eigenvalue weighted by atomic mass is 35.5. The van der Waals surface area contributed by atoms with E-state index in [1.165, 1.54) is 11.0 Å². The number of phenols is 1. The summed E-state index contributed by atoms with van der Waals surface area (Å²) in [4.78, 5) is 15.2. The predicted molar refractivity (Wildman–Crippen MR) is 123 cm³/mol. The molecule has 0 spiro atoms. The first-order valence-corrected chi connectivity index (χ1v) is 10.5. The molecule has 0 radical (unpaired) electrons. The summed E-state index contributed by atoms with van der Waals surface area (Å²) in [6.07, 6.45) is 0. The van der Waals surface area contributed by atoms with E-state index in [-0.39, 0.29) is 17.9 Å². The van der Waals surface area contributed by atoms with Crippen molar-refractivity contribution >= 4 is 45.6 Å². The van der Waals surface area contributed by atoms with Crippen LogP contribution in [0.15, 0.2) is 78.9 Å². The Bertz CT molecular complexity index is 1340. The maximum atomic E-state index is 13.7. The maximum Gasteiger partial charge on any atom is 0.268 e. The van der Waals surface area contributed by atoms with Gasteiger partial charge in [0, 0.05) is 31.9 Å². The van der Waals surface area contributed by atoms with Crippen LogP contribution >= 0.6 is 23.2 Å². The third-order valence-electron chi connectivity index (χ3n) is 5.73. The third-order valence-corrected chi connectivity index (χ3v) is 6.28. The normalized spacial score (nSPS) is 17.9. The molecule has 0 saturated heterocycles. The number of benzene rings is 4. The summed E-state index contributed by atoms with van der Waals surface area (Å²) >= 11 is 12.7. The minimum atomic E-state index is -2.13. The van der Waals surface area contributed by atoms with Crippen molar-refractivity contribution in [2.24, 2.45) is 0 Å². The highest BCUT2D eigenvalue weighted by Gasteiger charge is 2.52. The van der Waals surface area contributed by atoms with Crippen LogP contribution in [0.5, 0.6) is 5.75 Å². The number of fused-ring (bicyclic) bond motifs is 2. The van der Waals surface area contributed by atoms with Crippen molar-refractivity contribution in [1.29, 1.82) is 0 Å². The van der Waals surface area contributed by atoms with E-state index in [4.69, 9.17) is 23.2 Å². The zero-order valence-electron chi connectivity index (χ0n) is 16.2. The van der Waals surface area contributed by atoms with Crippen molar-refractivity contribution in [2.75, 3.05) is 4.90 Å². The van der Waals surface area contributed by atoms with E-state index >= 15 is 0 Å². The predicted octanol–water partition coefficient (Wildman–Crippen LogP) is 5.63. The lowest BCUT2D eigenvalue weighted by Gasteiger charge is -2.25. The summed E-state index contributed by atoms with van der Waals surface area (Å²) in [6.45, 7) is 0.263. The van der Waals surface area contributed by atoms with E-state index in [0.29, 0.717) is 32.1 Å². The number of hydrogen-bond acceptors (Lipinski definition) is 3. The smallest absolute Gasteiger partial charge is 0.268 e. The Labute approximate surface area is 188 Å². The Balaban J connectivity index is 1.74. The number of amides is 1. The van der Waals surface area contributed by atoms with Crippen LogP contribution in [0.2, 0.25) is 10.0 Å². The van der Waals surface area contributed by atoms with E-state index in [2.05, 4.69) is 0 Å². The van der Waals surface area contributed by atoms with Crippen molar-refractivity contribution < 1.29 is 15.0 Å². The highest BCUT2D eigenvalue weighted by molar-refractivity contribution is 6.36. The number of aliphatic hydroxyl groups is 1. The van der Waals surface area contributed by atoms with Crippen molar-refractivity contribution in [3.05, 3.63) is 106 Å². The Kier molecular flexibility index (Phi) is 4.67. The van der Waals surface area contributed by atoms with Gasteiger partial charge in [-0.1, -0.05) is 77.8 Å². The lowest BCUT2D eigenvalue weighted by molar-refractivity contribution is -0.132. The lowest BCUT2D eigenvalue weighted by Crippen LogP contribution is -2.41. The van der Waals surface area contributed by atoms with Crippen molar-refractivity contribution in [2.45, 2.75) is 12.1 Å². The first-order chi connectivity index (χ1) is 14.9. The Morgan fingerprint density at radius 2 is 1.52 bits per heavy atom. The molecule has 31 heavy (non-hydrogen) atoms. The Hall–Kier alpha value is -3.05. The topological polar surface area (TPSA) is 60.8 Å². The molecule has 5 rings (SSSR count). The summed E-state index contributed by atoms with van der Waals surface area (Å²) < 4.78 is 0. The zero-order chi connectivity index (χ0) is 21.8. The number of carbonyl (C=O) groups excluding carboxylic acids is 1. The van der Waals surface area contributed by atoms with Crippen LogP contribution in [-0.2, 0) is 16.9 Å². The summed E-state index contributed by atoms with van der Waals surface area (Å²) in [5.74, 6) is -0.765. The molecule has 1 unspecified atom stereocenters. The molecule has 1 aliphatic heterocycles. The van der Waals surface area contributed by atoms with Crippen molar-refractivity contribution in [3.63, 3.8) is 0 Å². The Morgan fingerprint density at radius 3 is 2.26 bits per heavy atom. The van der Waals surface area contributed by atoms with Crippen LogP contribution in [-0.4, -0.2) is 16.1 Å². The SMILES string of the molecule is O=C1N(Cc2ccccc2)c2ccc(Cl)cc2C1(O)c1cc(Cl)c2ccccc2c1O. The quantitative estimate of drug-likeness (QED) is 0.425. The molecule has 0 bridgehead atoms. The number of phenolic OH excluding ortho intramolecular Hbond substituents is 1. The second-order valence-electron chi connectivity index (χ2n) is 7.55. The molecule has 0 fully saturated rings. The molecule has 2 N–H and O–H groups in total. The first-order valence-electron chi connectivity index (χ1n) is 9.70. The molecule has 1 aliphatic rings. The lowest BCUT2D eigenvalue weighted by atomic mass is 9.85. The van der Waals surface area contributed by atoms with Gasteiger partial charge in [0.25, 0.3) is 5.91 Å². The second kappa shape index (κ2) is 7.27. The first kappa shape index (κ1) is 19.9. The van der Waals surface area contributed by atoms with Crippen LogP contribution in [0.4, 0.5) is 5.69 Å². The minimum Gasteiger partial charge on any atom is -0.507 e. The molecule has 1 atom stereocenters. The number of hydrogen-bond donors (Lipinski definition) is 2. The number of rotatable bonds is 3. The van der Waals surface area contributed by atoms with Crippen LogP contribution < -0.4 is 4.90 Å². The number of aromatic hydroxyl groups is 1. The maximum absolute atomic E-state index is 13.7. The second-order valence-corrected chi connectivity index (χ2v) is 8.39. The average molecular weight is 450 g/mol. The fourth-order valence-electron chi connectivity index (χ4n) is 4.23. The fraction of sp³-hybridized carbons (Fsp3) is 0.0800. The summed E-state index contributed by atoms with van der Waals surface area (Å²) in [7, 11) is 0. The van der Waals surface area contributed by atoms with Gasteiger partial charge in [-0.3, -0.25) is 4.79 Å². The van der Waals surface area contributed by atoms with E-state index < -0.39 is 11.5 Å². The van der Waals surface area contributed by atoms with Crippen LogP contribution in [0, 0.1) is 0 Å². The van der Waals surface area contributed by atoms with Crippen molar-refractivity contribution in [3.8, 4) is 5.75 Å². The van der Waals surface area contributed by atoms with Crippen LogP contribution in [0.25, 0.3) is 10.8 Å². The van der Waals surface area contributed by atoms with Gasteiger partial charge >= 0.3 is 0 Å².